The third-order valence-electron chi connectivity index (χ3n) is 22.1. The molecule has 2 rings (SSSR count). The van der Waals surface area contributed by atoms with E-state index in [4.69, 9.17) is 18.9 Å². The molecule has 2 heterocycles. The molecule has 12 atom stereocenters. The van der Waals surface area contributed by atoms with Crippen LogP contribution in [0.4, 0.5) is 0 Å². The molecule has 103 heavy (non-hydrogen) atoms. The van der Waals surface area contributed by atoms with Crippen LogP contribution in [0.15, 0.2) is 36.5 Å². The van der Waals surface area contributed by atoms with Crippen LogP contribution in [-0.2, 0) is 23.7 Å². The number of nitrogens with one attached hydrogen (secondary N) is 1. The Hall–Kier alpha value is -1.79. The van der Waals surface area contributed by atoms with E-state index >= 15 is 0 Å². The first-order valence-corrected chi connectivity index (χ1v) is 44.7. The standard InChI is InChI=1S/C89H169NO13/c1-3-5-7-9-11-13-15-17-19-21-23-25-27-29-31-33-34-35-36-37-38-39-40-41-42-43-44-45-47-49-51-53-55-57-59-61-63-65-67-69-71-73-81(94)90-77(76-100-88-86(99)84(97)87(80(75-92)102-88)103-89-85(98)83(96)82(95)79(74-91)101-89)78(93)72-70-68-66-64-62-60-58-56-54-52-50-48-46-32-30-28-26-24-22-20-18-16-14-12-10-8-6-4-2/h15,17,21,23,27,29,77-80,82-89,91-93,95-99H,3-14,16,18-20,22,24-26,28,30-76H2,1-2H3,(H,90,94)/b17-15-,23-21-,29-27-. The fourth-order valence-electron chi connectivity index (χ4n) is 15.1. The molecule has 2 aliphatic heterocycles. The summed E-state index contributed by atoms with van der Waals surface area (Å²) >= 11 is 0. The Labute approximate surface area is 633 Å². The van der Waals surface area contributed by atoms with Crippen LogP contribution in [-0.4, -0.2) is 140 Å². The third kappa shape index (κ3) is 55.3. The maximum atomic E-state index is 13.4. The number of aliphatic hydroxyl groups excluding tert-OH is 8. The Bertz CT molecular complexity index is 1870. The average Bonchev–Trinajstić information content (AvgIpc) is 0.791. The van der Waals surface area contributed by atoms with Gasteiger partial charge < -0.3 is 65.1 Å². The molecule has 2 saturated heterocycles. The van der Waals surface area contributed by atoms with Crippen LogP contribution in [0.5, 0.6) is 0 Å². The molecule has 608 valence electrons. The Morgan fingerprint density at radius 2 is 0.641 bits per heavy atom. The van der Waals surface area contributed by atoms with Gasteiger partial charge in [0.25, 0.3) is 0 Å². The molecule has 12 unspecified atom stereocenters. The molecule has 0 aromatic rings. The molecule has 0 bridgehead atoms. The molecule has 9 N–H and O–H groups in total. The van der Waals surface area contributed by atoms with Crippen molar-refractivity contribution in [3.63, 3.8) is 0 Å². The topological polar surface area (TPSA) is 228 Å². The number of rotatable bonds is 77. The van der Waals surface area contributed by atoms with Gasteiger partial charge in [-0.25, -0.2) is 0 Å². The SMILES string of the molecule is CCCCCCC/C=C\C/C=C\C/C=C\CCCCCCCCCCCCCCCCCCCCCCCCCCCCC(=O)NC(COC1OC(CO)C(OC2OC(CO)C(O)C(O)C2O)C(O)C1O)C(O)CCCCCCCCCCCCCCCCCCCCCCCCCCCCCC. The fourth-order valence-corrected chi connectivity index (χ4v) is 15.1. The summed E-state index contributed by atoms with van der Waals surface area (Å²) in [5.74, 6) is -0.196. The summed E-state index contributed by atoms with van der Waals surface area (Å²) in [6.45, 7) is 2.93. The largest absolute Gasteiger partial charge is 0.394 e. The average molecular weight is 1460 g/mol. The minimum Gasteiger partial charge on any atom is -0.394 e. The van der Waals surface area contributed by atoms with Gasteiger partial charge in [0.2, 0.25) is 5.91 Å². The summed E-state index contributed by atoms with van der Waals surface area (Å²) in [6, 6.07) is -0.829. The first kappa shape index (κ1) is 97.3. The van der Waals surface area contributed by atoms with Crippen molar-refractivity contribution in [3.05, 3.63) is 36.5 Å². The highest BCUT2D eigenvalue weighted by molar-refractivity contribution is 5.76. The number of amides is 1. The van der Waals surface area contributed by atoms with E-state index in [2.05, 4.69) is 55.6 Å². The highest BCUT2D eigenvalue weighted by Crippen LogP contribution is 2.31. The predicted octanol–water partition coefficient (Wildman–Crippen LogP) is 21.5. The van der Waals surface area contributed by atoms with E-state index in [0.29, 0.717) is 12.8 Å². The van der Waals surface area contributed by atoms with Crippen molar-refractivity contribution in [2.75, 3.05) is 19.8 Å². The molecular weight excluding hydrogens is 1290 g/mol. The van der Waals surface area contributed by atoms with Crippen molar-refractivity contribution in [3.8, 4) is 0 Å². The van der Waals surface area contributed by atoms with Gasteiger partial charge in [-0.3, -0.25) is 4.79 Å². The van der Waals surface area contributed by atoms with Gasteiger partial charge in [-0.15, -0.1) is 0 Å². The summed E-state index contributed by atoms with van der Waals surface area (Å²) in [7, 11) is 0. The van der Waals surface area contributed by atoms with Gasteiger partial charge in [0.05, 0.1) is 32.0 Å². The number of aliphatic hydroxyl groups is 8. The number of hydrogen-bond donors (Lipinski definition) is 9. The van der Waals surface area contributed by atoms with E-state index in [-0.39, 0.29) is 12.5 Å². The van der Waals surface area contributed by atoms with E-state index in [1.165, 1.54) is 340 Å². The Kier molecular flexibility index (Phi) is 69.0. The zero-order valence-corrected chi connectivity index (χ0v) is 67.1. The fraction of sp³-hybridized carbons (Fsp3) is 0.921. The minimum absolute atomic E-state index is 0.196. The second-order valence-electron chi connectivity index (χ2n) is 31.7. The number of hydrogen-bond acceptors (Lipinski definition) is 13. The molecule has 0 aliphatic carbocycles. The maximum absolute atomic E-state index is 13.4. The maximum Gasteiger partial charge on any atom is 0.220 e. The van der Waals surface area contributed by atoms with Crippen LogP contribution < -0.4 is 5.32 Å². The Morgan fingerprint density at radius 1 is 0.350 bits per heavy atom. The number of unbranched alkanes of at least 4 members (excludes halogenated alkanes) is 58. The van der Waals surface area contributed by atoms with E-state index in [0.717, 1.165) is 64.2 Å². The normalized spacial score (nSPS) is 21.7. The molecule has 0 aromatic carbocycles. The molecule has 0 saturated carbocycles. The zero-order chi connectivity index (χ0) is 74.4. The van der Waals surface area contributed by atoms with E-state index in [9.17, 15) is 45.6 Å². The molecule has 14 nitrogen and oxygen atoms in total. The lowest BCUT2D eigenvalue weighted by Crippen LogP contribution is -2.65. The molecule has 14 heteroatoms. The summed E-state index contributed by atoms with van der Waals surface area (Å²) in [6.07, 6.45) is 80.8. The van der Waals surface area contributed by atoms with Crippen LogP contribution >= 0.6 is 0 Å². The summed E-state index contributed by atoms with van der Waals surface area (Å²) in [4.78, 5) is 13.4. The second kappa shape index (κ2) is 73.0. The van der Waals surface area contributed by atoms with Crippen LogP contribution in [0.25, 0.3) is 0 Å². The summed E-state index contributed by atoms with van der Waals surface area (Å²) < 4.78 is 23.0. The Balaban J connectivity index is 1.54. The minimum atomic E-state index is -1.78. The quantitative estimate of drug-likeness (QED) is 0.0204. The smallest absolute Gasteiger partial charge is 0.220 e. The molecule has 0 aromatic heterocycles. The number of carbonyl (C=O) groups is 1. The molecule has 2 aliphatic rings. The van der Waals surface area contributed by atoms with E-state index in [1.54, 1.807) is 0 Å². The predicted molar refractivity (Wildman–Crippen MR) is 429 cm³/mol. The summed E-state index contributed by atoms with van der Waals surface area (Å²) in [5, 5.41) is 88.0. The monoisotopic (exact) mass is 1460 g/mol. The molecule has 0 spiro atoms. The molecule has 0 radical (unpaired) electrons. The van der Waals surface area contributed by atoms with Crippen molar-refractivity contribution in [1.29, 1.82) is 0 Å². The van der Waals surface area contributed by atoms with Crippen molar-refractivity contribution in [2.45, 2.75) is 505 Å². The third-order valence-corrected chi connectivity index (χ3v) is 22.1. The van der Waals surface area contributed by atoms with Crippen molar-refractivity contribution in [2.24, 2.45) is 0 Å². The van der Waals surface area contributed by atoms with Gasteiger partial charge in [0.1, 0.15) is 48.8 Å². The van der Waals surface area contributed by atoms with Gasteiger partial charge in [0, 0.05) is 6.42 Å². The van der Waals surface area contributed by atoms with Gasteiger partial charge in [-0.05, 0) is 51.4 Å². The van der Waals surface area contributed by atoms with E-state index in [1.807, 2.05) is 0 Å². The zero-order valence-electron chi connectivity index (χ0n) is 67.1. The highest BCUT2D eigenvalue weighted by atomic mass is 16.7. The number of allylic oxidation sites excluding steroid dienone is 6. The lowest BCUT2D eigenvalue weighted by Gasteiger charge is -2.46. The van der Waals surface area contributed by atoms with Crippen LogP contribution in [0.3, 0.4) is 0 Å². The first-order valence-electron chi connectivity index (χ1n) is 44.7. The molecular formula is C89H169NO13. The number of carbonyl (C=O) groups excluding carboxylic acids is 1. The highest BCUT2D eigenvalue weighted by Gasteiger charge is 2.51. The lowest BCUT2D eigenvalue weighted by molar-refractivity contribution is -0.359. The first-order chi connectivity index (χ1) is 50.6. The Morgan fingerprint density at radius 3 is 0.981 bits per heavy atom. The lowest BCUT2D eigenvalue weighted by atomic mass is 9.97. The summed E-state index contributed by atoms with van der Waals surface area (Å²) in [5.41, 5.74) is 0. The van der Waals surface area contributed by atoms with E-state index < -0.39 is 86.8 Å². The van der Waals surface area contributed by atoms with Crippen LogP contribution in [0.1, 0.15) is 431 Å². The van der Waals surface area contributed by atoms with Gasteiger partial charge in [0.15, 0.2) is 12.6 Å². The van der Waals surface area contributed by atoms with Gasteiger partial charge >= 0.3 is 0 Å². The number of ether oxygens (including phenoxy) is 4. The second-order valence-corrected chi connectivity index (χ2v) is 31.7. The van der Waals surface area contributed by atoms with Crippen molar-refractivity contribution < 1.29 is 64.6 Å². The van der Waals surface area contributed by atoms with Crippen LogP contribution in [0, 0.1) is 0 Å². The van der Waals surface area contributed by atoms with Crippen LogP contribution in [0.2, 0.25) is 0 Å². The van der Waals surface area contributed by atoms with Gasteiger partial charge in [-0.1, -0.05) is 410 Å². The molecule has 1 amide bonds. The van der Waals surface area contributed by atoms with Gasteiger partial charge in [-0.2, -0.15) is 0 Å². The van der Waals surface area contributed by atoms with Crippen molar-refractivity contribution in [1.82, 2.24) is 5.32 Å². The van der Waals surface area contributed by atoms with Crippen molar-refractivity contribution >= 4 is 5.91 Å². The molecule has 2 fully saturated rings.